The minimum Gasteiger partial charge on any atom is -0.507 e. The van der Waals surface area contributed by atoms with Crippen molar-refractivity contribution in [2.24, 2.45) is 11.3 Å². The van der Waals surface area contributed by atoms with E-state index in [9.17, 15) is 15.0 Å². The van der Waals surface area contributed by atoms with Crippen LogP contribution in [0.4, 0.5) is 23.3 Å². The van der Waals surface area contributed by atoms with Gasteiger partial charge in [0.2, 0.25) is 5.95 Å². The summed E-state index contributed by atoms with van der Waals surface area (Å²) in [7, 11) is 0. The summed E-state index contributed by atoms with van der Waals surface area (Å²) in [4.78, 5) is 31.0. The number of phenolic OH excluding ortho intramolecular Hbond substituents is 1. The number of phenols is 1. The lowest BCUT2D eigenvalue weighted by molar-refractivity contribution is -0.140. The van der Waals surface area contributed by atoms with Gasteiger partial charge in [0.1, 0.15) is 11.7 Å². The van der Waals surface area contributed by atoms with Crippen molar-refractivity contribution >= 4 is 29.2 Å². The quantitative estimate of drug-likeness (QED) is 0.236. The van der Waals surface area contributed by atoms with Crippen LogP contribution in [0, 0.1) is 11.3 Å². The molecule has 14 nitrogen and oxygen atoms in total. The Kier molecular flexibility index (Phi) is 8.16. The number of likely N-dealkylation sites (tertiary alicyclic amines) is 1. The number of aromatic hydroxyl groups is 1. The molecule has 2 atom stereocenters. The van der Waals surface area contributed by atoms with E-state index in [1.807, 2.05) is 50.5 Å². The van der Waals surface area contributed by atoms with Gasteiger partial charge < -0.3 is 39.7 Å². The highest BCUT2D eigenvalue weighted by Crippen LogP contribution is 2.52. The van der Waals surface area contributed by atoms with Crippen molar-refractivity contribution in [3.05, 3.63) is 60.1 Å². The maximum atomic E-state index is 11.7. The number of nitrogens with one attached hydrogen (secondary N) is 1. The molecular weight excluding hydrogens is 660 g/mol. The van der Waals surface area contributed by atoms with Gasteiger partial charge in [-0.25, -0.2) is 9.97 Å². The van der Waals surface area contributed by atoms with E-state index in [-0.39, 0.29) is 17.7 Å². The summed E-state index contributed by atoms with van der Waals surface area (Å²) in [6.45, 7) is 11.1. The number of rotatable bonds is 8. The summed E-state index contributed by atoms with van der Waals surface area (Å²) in [5.74, 6) is 1.85. The van der Waals surface area contributed by atoms with Crippen LogP contribution in [0.5, 0.6) is 5.75 Å². The van der Waals surface area contributed by atoms with Gasteiger partial charge in [0.15, 0.2) is 17.4 Å². The highest BCUT2D eigenvalue weighted by Gasteiger charge is 2.54. The molecule has 1 spiro atoms. The number of hydrogen-bond acceptors (Lipinski definition) is 13. The average molecular weight is 707 g/mol. The molecule has 0 radical (unpaired) electrons. The zero-order valence-electron chi connectivity index (χ0n) is 29.7. The van der Waals surface area contributed by atoms with Crippen molar-refractivity contribution in [2.45, 2.75) is 63.5 Å². The zero-order valence-corrected chi connectivity index (χ0v) is 29.7. The maximum Gasteiger partial charge on any atom is 0.314 e. The van der Waals surface area contributed by atoms with Gasteiger partial charge >= 0.3 is 5.97 Å². The zero-order chi connectivity index (χ0) is 35.6. The predicted octanol–water partition coefficient (Wildman–Crippen LogP) is 4.42. The van der Waals surface area contributed by atoms with Gasteiger partial charge in [-0.3, -0.25) is 4.79 Å². The Balaban J connectivity index is 0.752. The van der Waals surface area contributed by atoms with Crippen molar-refractivity contribution in [3.8, 4) is 17.0 Å². The lowest BCUT2D eigenvalue weighted by atomic mass is 9.60. The molecule has 52 heavy (non-hydrogen) atoms. The number of hydrogen-bond donors (Lipinski definition) is 3. The second-order valence-corrected chi connectivity index (χ2v) is 15.8. The average Bonchev–Trinajstić information content (AvgIpc) is 3.59. The minimum atomic E-state index is -0.870. The normalized spacial score (nSPS) is 22.4. The van der Waals surface area contributed by atoms with Gasteiger partial charge in [-0.05, 0) is 74.4 Å². The third-order valence-electron chi connectivity index (χ3n) is 12.2. The highest BCUT2D eigenvalue weighted by molar-refractivity contribution is 5.77. The third kappa shape index (κ3) is 5.86. The SMILES string of the molecule is CC(C)C(C(=O)O)c1cc(N2CC3(CC(N4CCC(c5cnc(N6CCN7c8cc(-c9ccccc9O)nnc8NC[C@@H]7C6)nc5)CC4)C3)C2)no1. The van der Waals surface area contributed by atoms with E-state index in [4.69, 9.17) is 14.5 Å². The second-order valence-electron chi connectivity index (χ2n) is 15.8. The Morgan fingerprint density at radius 3 is 2.48 bits per heavy atom. The number of aliphatic carboxylic acids is 1. The fourth-order valence-corrected chi connectivity index (χ4v) is 9.29. The molecule has 3 N–H and O–H groups in total. The molecule has 1 saturated carbocycles. The summed E-state index contributed by atoms with van der Waals surface area (Å²) < 4.78 is 5.47. The van der Waals surface area contributed by atoms with Crippen molar-refractivity contribution < 1.29 is 19.5 Å². The van der Waals surface area contributed by atoms with Gasteiger partial charge in [0, 0.05) is 74.7 Å². The Morgan fingerprint density at radius 2 is 1.75 bits per heavy atom. The van der Waals surface area contributed by atoms with Crippen molar-refractivity contribution in [1.29, 1.82) is 0 Å². The number of fused-ring (bicyclic) bond motifs is 3. The van der Waals surface area contributed by atoms with Gasteiger partial charge in [0.25, 0.3) is 0 Å². The van der Waals surface area contributed by atoms with E-state index in [1.54, 1.807) is 12.1 Å². The number of piperidine rings is 1. The Morgan fingerprint density at radius 1 is 0.981 bits per heavy atom. The lowest BCUT2D eigenvalue weighted by Crippen LogP contribution is -2.67. The van der Waals surface area contributed by atoms with Crippen molar-refractivity contribution in [2.75, 3.05) is 72.4 Å². The van der Waals surface area contributed by atoms with Crippen molar-refractivity contribution in [1.82, 2.24) is 30.2 Å². The Bertz CT molecular complexity index is 1930. The molecule has 4 fully saturated rings. The van der Waals surface area contributed by atoms with E-state index in [0.29, 0.717) is 34.4 Å². The van der Waals surface area contributed by atoms with Crippen LogP contribution in [0.15, 0.2) is 53.3 Å². The maximum absolute atomic E-state index is 11.7. The van der Waals surface area contributed by atoms with Crippen LogP contribution in [0.2, 0.25) is 0 Å². The largest absolute Gasteiger partial charge is 0.507 e. The number of para-hydroxylation sites is 1. The minimum absolute atomic E-state index is 0.0595. The fourth-order valence-electron chi connectivity index (χ4n) is 9.29. The van der Waals surface area contributed by atoms with E-state index in [0.717, 1.165) is 88.5 Å². The number of aromatic nitrogens is 5. The number of carbonyl (C=O) groups is 1. The lowest BCUT2D eigenvalue weighted by Gasteiger charge is -2.61. The molecule has 1 aromatic carbocycles. The molecule has 1 unspecified atom stereocenters. The first-order valence-electron chi connectivity index (χ1n) is 18.7. The van der Waals surface area contributed by atoms with Gasteiger partial charge in [-0.15, -0.1) is 10.2 Å². The summed E-state index contributed by atoms with van der Waals surface area (Å²) in [5.41, 5.74) is 3.93. The molecule has 3 aromatic heterocycles. The van der Waals surface area contributed by atoms with Crippen LogP contribution in [0.25, 0.3) is 11.3 Å². The van der Waals surface area contributed by atoms with Gasteiger partial charge in [0.05, 0.1) is 17.4 Å². The summed E-state index contributed by atoms with van der Waals surface area (Å²) >= 11 is 0. The first kappa shape index (κ1) is 32.9. The molecule has 1 aliphatic carbocycles. The number of piperazine rings is 1. The molecule has 0 bridgehead atoms. The van der Waals surface area contributed by atoms with Crippen LogP contribution >= 0.6 is 0 Å². The summed E-state index contributed by atoms with van der Waals surface area (Å²) in [6.07, 6.45) is 8.76. The smallest absolute Gasteiger partial charge is 0.314 e. The van der Waals surface area contributed by atoms with Crippen LogP contribution in [0.3, 0.4) is 0 Å². The molecule has 14 heteroatoms. The van der Waals surface area contributed by atoms with Crippen LogP contribution in [-0.2, 0) is 4.79 Å². The highest BCUT2D eigenvalue weighted by atomic mass is 16.5. The van der Waals surface area contributed by atoms with Crippen molar-refractivity contribution in [3.63, 3.8) is 0 Å². The molecule has 7 heterocycles. The number of carboxylic acids is 1. The van der Waals surface area contributed by atoms with E-state index < -0.39 is 11.9 Å². The first-order valence-corrected chi connectivity index (χ1v) is 18.7. The standard InChI is InChI=1S/C38H46N10O4/c1-23(2)34(36(50)51)32-14-33(44-52-32)47-21-38(22-47)15-26(16-38)45-9-7-24(8-10-45)25-17-40-37(41-18-25)46-11-12-48-27(20-46)19-39-35-30(48)13-29(42-43-35)28-5-3-4-6-31(28)49/h3-6,13-14,17-18,23-24,26-27,34,49H,7-12,15-16,19-22H2,1-2H3,(H,39,43)(H,50,51)/t27-,34?/m1/s1. The monoisotopic (exact) mass is 706 g/mol. The van der Waals surface area contributed by atoms with E-state index in [2.05, 4.69) is 40.3 Å². The number of carboxylic acid groups (broad SMARTS) is 1. The Hall–Kier alpha value is -4.98. The van der Waals surface area contributed by atoms with Gasteiger partial charge in [-0.1, -0.05) is 31.1 Å². The van der Waals surface area contributed by atoms with Gasteiger partial charge in [-0.2, -0.15) is 0 Å². The molecule has 272 valence electrons. The molecule has 0 amide bonds. The topological polar surface area (TPSA) is 160 Å². The van der Waals surface area contributed by atoms with E-state index >= 15 is 0 Å². The number of nitrogens with zero attached hydrogens (tertiary/aromatic N) is 9. The Labute approximate surface area is 302 Å². The number of anilines is 4. The summed E-state index contributed by atoms with van der Waals surface area (Å²) in [5, 5.41) is 36.5. The third-order valence-corrected chi connectivity index (χ3v) is 12.2. The first-order chi connectivity index (χ1) is 25.2. The molecule has 9 rings (SSSR count). The van der Waals surface area contributed by atoms with Crippen LogP contribution < -0.4 is 20.0 Å². The van der Waals surface area contributed by atoms with Crippen LogP contribution in [0.1, 0.15) is 62.7 Å². The molecule has 4 aromatic rings. The fraction of sp³-hybridized carbons (Fsp3) is 0.526. The summed E-state index contributed by atoms with van der Waals surface area (Å²) in [6, 6.07) is 12.0. The molecule has 3 saturated heterocycles. The molecule has 4 aliphatic heterocycles. The second kappa shape index (κ2) is 12.9. The molecular formula is C38H46N10O4. The number of benzene rings is 1. The predicted molar refractivity (Wildman–Crippen MR) is 196 cm³/mol. The van der Waals surface area contributed by atoms with E-state index in [1.165, 1.54) is 18.4 Å². The molecule has 5 aliphatic rings. The van der Waals surface area contributed by atoms with Crippen LogP contribution in [-0.4, -0.2) is 111 Å².